The van der Waals surface area contributed by atoms with E-state index >= 15 is 0 Å². The summed E-state index contributed by atoms with van der Waals surface area (Å²) < 4.78 is 30.5. The molecular formula is C19H20N4O4S. The predicted molar refractivity (Wildman–Crippen MR) is 105 cm³/mol. The summed E-state index contributed by atoms with van der Waals surface area (Å²) in [5.74, 6) is 0.299. The lowest BCUT2D eigenvalue weighted by atomic mass is 10.2. The highest BCUT2D eigenvalue weighted by molar-refractivity contribution is 7.92. The summed E-state index contributed by atoms with van der Waals surface area (Å²) in [6.07, 6.45) is 1.07. The molecule has 28 heavy (non-hydrogen) atoms. The molecule has 0 aliphatic rings. The minimum absolute atomic E-state index is 0.0745. The van der Waals surface area contributed by atoms with Gasteiger partial charge in [-0.25, -0.2) is 8.42 Å². The van der Waals surface area contributed by atoms with Crippen LogP contribution >= 0.6 is 0 Å². The highest BCUT2D eigenvalue weighted by atomic mass is 32.2. The molecule has 1 amide bonds. The topological polar surface area (TPSA) is 96.6 Å². The van der Waals surface area contributed by atoms with Crippen molar-refractivity contribution in [1.82, 2.24) is 15.0 Å². The van der Waals surface area contributed by atoms with Crippen molar-refractivity contribution < 1.29 is 17.7 Å². The molecule has 3 rings (SSSR count). The largest absolute Gasteiger partial charge is 0.337 e. The number of benzene rings is 2. The number of amides is 1. The molecule has 1 aromatic heterocycles. The Morgan fingerprint density at radius 3 is 2.25 bits per heavy atom. The number of para-hydroxylation sites is 1. The fraction of sp³-hybridized carbons (Fsp3) is 0.211. The van der Waals surface area contributed by atoms with E-state index in [0.717, 1.165) is 16.1 Å². The lowest BCUT2D eigenvalue weighted by Gasteiger charge is -2.24. The van der Waals surface area contributed by atoms with Crippen molar-refractivity contribution in [2.45, 2.75) is 6.54 Å². The molecule has 0 aliphatic carbocycles. The number of hydrogen-bond acceptors (Lipinski definition) is 6. The van der Waals surface area contributed by atoms with Crippen molar-refractivity contribution in [3.8, 4) is 11.4 Å². The Bertz CT molecular complexity index is 1040. The Kier molecular flexibility index (Phi) is 5.74. The molecule has 0 unspecified atom stereocenters. The Morgan fingerprint density at radius 2 is 1.64 bits per heavy atom. The van der Waals surface area contributed by atoms with E-state index in [0.29, 0.717) is 11.5 Å². The van der Waals surface area contributed by atoms with Crippen molar-refractivity contribution >= 4 is 21.6 Å². The van der Waals surface area contributed by atoms with Crippen LogP contribution in [0.3, 0.4) is 0 Å². The summed E-state index contributed by atoms with van der Waals surface area (Å²) in [6, 6.07) is 17.8. The van der Waals surface area contributed by atoms with E-state index < -0.39 is 15.9 Å². The maximum Gasteiger partial charge on any atom is 0.246 e. The monoisotopic (exact) mass is 400 g/mol. The van der Waals surface area contributed by atoms with E-state index in [9.17, 15) is 13.2 Å². The van der Waals surface area contributed by atoms with Gasteiger partial charge in [-0.3, -0.25) is 9.10 Å². The van der Waals surface area contributed by atoms with E-state index in [-0.39, 0.29) is 19.0 Å². The zero-order valence-corrected chi connectivity index (χ0v) is 16.3. The van der Waals surface area contributed by atoms with Crippen LogP contribution in [0.1, 0.15) is 5.89 Å². The van der Waals surface area contributed by atoms with Gasteiger partial charge < -0.3 is 9.42 Å². The molecule has 0 N–H and O–H groups in total. The molecular weight excluding hydrogens is 380 g/mol. The number of hydrogen-bond donors (Lipinski definition) is 0. The van der Waals surface area contributed by atoms with Crippen LogP contribution in [-0.4, -0.2) is 49.2 Å². The van der Waals surface area contributed by atoms with E-state index in [1.54, 1.807) is 37.4 Å². The van der Waals surface area contributed by atoms with Gasteiger partial charge in [0, 0.05) is 12.6 Å². The van der Waals surface area contributed by atoms with Gasteiger partial charge in [-0.2, -0.15) is 4.98 Å². The summed E-state index contributed by atoms with van der Waals surface area (Å²) in [5, 5.41) is 3.92. The number of aromatic nitrogens is 2. The van der Waals surface area contributed by atoms with Crippen molar-refractivity contribution in [1.29, 1.82) is 0 Å². The van der Waals surface area contributed by atoms with Gasteiger partial charge in [-0.15, -0.1) is 0 Å². The van der Waals surface area contributed by atoms with E-state index in [1.807, 2.05) is 30.3 Å². The fourth-order valence-electron chi connectivity index (χ4n) is 2.55. The number of nitrogens with zero attached hydrogens (tertiary/aromatic N) is 4. The summed E-state index contributed by atoms with van der Waals surface area (Å²) in [4.78, 5) is 18.2. The third-order valence-corrected chi connectivity index (χ3v) is 5.16. The van der Waals surface area contributed by atoms with Crippen molar-refractivity contribution in [3.63, 3.8) is 0 Å². The average Bonchev–Trinajstić information content (AvgIpc) is 3.15. The summed E-state index contributed by atoms with van der Waals surface area (Å²) in [7, 11) is -2.06. The number of carbonyl (C=O) groups is 1. The number of sulfonamides is 1. The van der Waals surface area contributed by atoms with Gasteiger partial charge in [-0.05, 0) is 12.1 Å². The molecule has 8 nitrogen and oxygen atoms in total. The molecule has 9 heteroatoms. The van der Waals surface area contributed by atoms with Crippen LogP contribution in [0.15, 0.2) is 65.2 Å². The molecule has 0 aliphatic heterocycles. The number of anilines is 1. The Morgan fingerprint density at radius 1 is 1.04 bits per heavy atom. The molecule has 1 heterocycles. The normalized spacial score (nSPS) is 11.2. The number of carbonyl (C=O) groups excluding carboxylic acids is 1. The molecule has 146 valence electrons. The van der Waals surface area contributed by atoms with E-state index in [1.165, 1.54) is 4.90 Å². The lowest BCUT2D eigenvalue weighted by Crippen LogP contribution is -2.41. The van der Waals surface area contributed by atoms with Gasteiger partial charge in [0.15, 0.2) is 0 Å². The van der Waals surface area contributed by atoms with Crippen LogP contribution in [0.2, 0.25) is 0 Å². The van der Waals surface area contributed by atoms with Crippen LogP contribution < -0.4 is 4.31 Å². The quantitative estimate of drug-likeness (QED) is 0.603. The average molecular weight is 400 g/mol. The lowest BCUT2D eigenvalue weighted by molar-refractivity contribution is -0.129. The molecule has 0 radical (unpaired) electrons. The van der Waals surface area contributed by atoms with Crippen molar-refractivity contribution in [3.05, 3.63) is 66.6 Å². The third-order valence-electron chi connectivity index (χ3n) is 4.02. The van der Waals surface area contributed by atoms with Gasteiger partial charge in [-0.1, -0.05) is 53.7 Å². The van der Waals surface area contributed by atoms with E-state index in [4.69, 9.17) is 4.52 Å². The minimum Gasteiger partial charge on any atom is -0.337 e. The maximum absolute atomic E-state index is 12.6. The maximum atomic E-state index is 12.6. The molecule has 0 saturated carbocycles. The van der Waals surface area contributed by atoms with Crippen molar-refractivity contribution in [2.24, 2.45) is 0 Å². The van der Waals surface area contributed by atoms with E-state index in [2.05, 4.69) is 10.1 Å². The van der Waals surface area contributed by atoms with Crippen molar-refractivity contribution in [2.75, 3.05) is 24.2 Å². The third kappa shape index (κ3) is 4.74. The first-order valence-corrected chi connectivity index (χ1v) is 10.3. The molecule has 0 atom stereocenters. The smallest absolute Gasteiger partial charge is 0.246 e. The van der Waals surface area contributed by atoms with Crippen LogP contribution in [0.5, 0.6) is 0 Å². The Balaban J connectivity index is 1.70. The number of likely N-dealkylation sites (N-methyl/N-ethyl adjacent to an activating group) is 1. The molecule has 0 fully saturated rings. The second-order valence-corrected chi connectivity index (χ2v) is 8.14. The standard InChI is InChI=1S/C19H20N4O4S/c1-22(13-17-20-19(21-27-17)15-9-5-3-6-10-15)18(24)14-23(28(2,25)26)16-11-7-4-8-12-16/h3-12H,13-14H2,1-2H3. The zero-order valence-electron chi connectivity index (χ0n) is 15.5. The van der Waals surface area contributed by atoms with Crippen LogP contribution in [0, 0.1) is 0 Å². The number of rotatable bonds is 7. The summed E-state index contributed by atoms with van der Waals surface area (Å²) in [5.41, 5.74) is 1.23. The van der Waals surface area contributed by atoms with Gasteiger partial charge in [0.2, 0.25) is 27.6 Å². The molecule has 0 spiro atoms. The first-order valence-electron chi connectivity index (χ1n) is 8.49. The van der Waals surface area contributed by atoms with Gasteiger partial charge in [0.05, 0.1) is 18.5 Å². The van der Waals surface area contributed by atoms with Gasteiger partial charge in [0.1, 0.15) is 6.54 Å². The highest BCUT2D eigenvalue weighted by Gasteiger charge is 2.23. The summed E-state index contributed by atoms with van der Waals surface area (Å²) >= 11 is 0. The first-order chi connectivity index (χ1) is 13.3. The fourth-order valence-corrected chi connectivity index (χ4v) is 3.40. The van der Waals surface area contributed by atoms with Gasteiger partial charge >= 0.3 is 0 Å². The van der Waals surface area contributed by atoms with Gasteiger partial charge in [0.25, 0.3) is 0 Å². The Labute approximate surface area is 163 Å². The summed E-state index contributed by atoms with van der Waals surface area (Å²) in [6.45, 7) is -0.246. The second kappa shape index (κ2) is 8.22. The first kappa shape index (κ1) is 19.6. The predicted octanol–water partition coefficient (Wildman–Crippen LogP) is 2.16. The van der Waals surface area contributed by atoms with Crippen LogP contribution in [0.4, 0.5) is 5.69 Å². The van der Waals surface area contributed by atoms with Crippen LogP contribution in [-0.2, 0) is 21.4 Å². The molecule has 3 aromatic rings. The SMILES string of the molecule is CN(Cc1nc(-c2ccccc2)no1)C(=O)CN(c1ccccc1)S(C)(=O)=O. The molecule has 0 bridgehead atoms. The molecule has 2 aromatic carbocycles. The Hall–Kier alpha value is -3.20. The van der Waals surface area contributed by atoms with Crippen LogP contribution in [0.25, 0.3) is 11.4 Å². The second-order valence-electron chi connectivity index (χ2n) is 6.23. The molecule has 0 saturated heterocycles. The highest BCUT2D eigenvalue weighted by Crippen LogP contribution is 2.18. The zero-order chi connectivity index (χ0) is 20.1. The minimum atomic E-state index is -3.62.